The van der Waals surface area contributed by atoms with Gasteiger partial charge in [-0.15, -0.1) is 0 Å². The molecule has 0 saturated carbocycles. The van der Waals surface area contributed by atoms with Crippen LogP contribution < -0.4 is 20.3 Å². The summed E-state index contributed by atoms with van der Waals surface area (Å²) in [5, 5.41) is 2.88. The second kappa shape index (κ2) is 7.86. The van der Waals surface area contributed by atoms with Crippen molar-refractivity contribution in [2.24, 2.45) is 13.0 Å². The third kappa shape index (κ3) is 3.99. The molecule has 1 N–H and O–H groups in total. The Morgan fingerprint density at radius 1 is 1.33 bits per heavy atom. The first-order chi connectivity index (χ1) is 12.9. The van der Waals surface area contributed by atoms with Gasteiger partial charge in [0.1, 0.15) is 17.1 Å². The van der Waals surface area contributed by atoms with E-state index < -0.39 is 0 Å². The van der Waals surface area contributed by atoms with Crippen molar-refractivity contribution in [3.8, 4) is 11.5 Å². The molecule has 1 aromatic carbocycles. The molecule has 0 fully saturated rings. The van der Waals surface area contributed by atoms with Crippen molar-refractivity contribution in [2.75, 3.05) is 20.3 Å². The van der Waals surface area contributed by atoms with E-state index in [0.29, 0.717) is 13.2 Å². The molecule has 27 heavy (non-hydrogen) atoms. The van der Waals surface area contributed by atoms with Gasteiger partial charge in [-0.25, -0.2) is 0 Å². The van der Waals surface area contributed by atoms with E-state index in [1.54, 1.807) is 24.8 Å². The highest BCUT2D eigenvalue weighted by molar-refractivity contribution is 5.93. The van der Waals surface area contributed by atoms with E-state index in [2.05, 4.69) is 5.32 Å². The summed E-state index contributed by atoms with van der Waals surface area (Å²) in [6.45, 7) is 5.01. The average molecular weight is 370 g/mol. The first-order valence-corrected chi connectivity index (χ1v) is 9.18. The summed E-state index contributed by atoms with van der Waals surface area (Å²) in [6, 6.07) is 9.23. The first-order valence-electron chi connectivity index (χ1n) is 9.18. The van der Waals surface area contributed by atoms with Crippen LogP contribution in [0.25, 0.3) is 0 Å². The zero-order valence-corrected chi connectivity index (χ0v) is 16.2. The van der Waals surface area contributed by atoms with Crippen LogP contribution in [0.2, 0.25) is 0 Å². The van der Waals surface area contributed by atoms with E-state index in [1.807, 2.05) is 38.1 Å². The Balaban J connectivity index is 1.65. The zero-order chi connectivity index (χ0) is 19.6. The number of nitrogens with one attached hydrogen (secondary N) is 1. The van der Waals surface area contributed by atoms with Gasteiger partial charge in [-0.3, -0.25) is 9.59 Å². The van der Waals surface area contributed by atoms with E-state index in [-0.39, 0.29) is 28.9 Å². The molecule has 3 rings (SSSR count). The molecule has 0 radical (unpaired) electrons. The third-order valence-corrected chi connectivity index (χ3v) is 4.99. The standard InChI is InChI=1S/C21H26N2O4/c1-13(2)18-8-7-17(21(25)23(18)3)20(24)22-11-14-9-15-5-6-16(26-4)10-19(15)27-12-14/h5-8,10,13-14H,9,11-12H2,1-4H3,(H,22,24)/t14-/m0/s1. The quantitative estimate of drug-likeness (QED) is 0.878. The molecule has 2 heterocycles. The summed E-state index contributed by atoms with van der Waals surface area (Å²) in [7, 11) is 3.33. The predicted octanol–water partition coefficient (Wildman–Crippen LogP) is 2.50. The number of carbonyl (C=O) groups excluding carboxylic acids is 1. The lowest BCUT2D eigenvalue weighted by molar-refractivity contribution is 0.0937. The largest absolute Gasteiger partial charge is 0.497 e. The van der Waals surface area contributed by atoms with E-state index in [9.17, 15) is 9.59 Å². The van der Waals surface area contributed by atoms with E-state index >= 15 is 0 Å². The number of methoxy groups -OCH3 is 1. The highest BCUT2D eigenvalue weighted by atomic mass is 16.5. The Labute approximate surface area is 159 Å². The van der Waals surface area contributed by atoms with Gasteiger partial charge in [0.25, 0.3) is 11.5 Å². The number of ether oxygens (including phenoxy) is 2. The lowest BCUT2D eigenvalue weighted by Crippen LogP contribution is -2.38. The molecule has 6 heteroatoms. The molecule has 0 bridgehead atoms. The molecule has 144 valence electrons. The number of aromatic nitrogens is 1. The molecule has 1 atom stereocenters. The van der Waals surface area contributed by atoms with Gasteiger partial charge in [0.2, 0.25) is 0 Å². The maximum atomic E-state index is 12.5. The van der Waals surface area contributed by atoms with Gasteiger partial charge in [0.05, 0.1) is 13.7 Å². The monoisotopic (exact) mass is 370 g/mol. The number of fused-ring (bicyclic) bond motifs is 1. The van der Waals surface area contributed by atoms with Crippen LogP contribution in [-0.4, -0.2) is 30.7 Å². The summed E-state index contributed by atoms with van der Waals surface area (Å²) >= 11 is 0. The number of amides is 1. The minimum atomic E-state index is -0.341. The highest BCUT2D eigenvalue weighted by Gasteiger charge is 2.22. The molecule has 6 nitrogen and oxygen atoms in total. The van der Waals surface area contributed by atoms with Crippen LogP contribution in [-0.2, 0) is 13.5 Å². The first kappa shape index (κ1) is 19.0. The van der Waals surface area contributed by atoms with Crippen LogP contribution in [0.5, 0.6) is 11.5 Å². The Hall–Kier alpha value is -2.76. The minimum absolute atomic E-state index is 0.161. The molecule has 0 unspecified atom stereocenters. The number of hydrogen-bond acceptors (Lipinski definition) is 4. The Kier molecular flexibility index (Phi) is 5.54. The molecular formula is C21H26N2O4. The van der Waals surface area contributed by atoms with Gasteiger partial charge in [-0.1, -0.05) is 19.9 Å². The van der Waals surface area contributed by atoms with Crippen LogP contribution in [0.4, 0.5) is 0 Å². The Morgan fingerprint density at radius 2 is 2.11 bits per heavy atom. The third-order valence-electron chi connectivity index (χ3n) is 4.99. The van der Waals surface area contributed by atoms with Crippen LogP contribution in [0.15, 0.2) is 35.1 Å². The Bertz CT molecular complexity index is 902. The fourth-order valence-electron chi connectivity index (χ4n) is 3.41. The summed E-state index contributed by atoms with van der Waals surface area (Å²) in [4.78, 5) is 25.0. The molecule has 2 aromatic rings. The minimum Gasteiger partial charge on any atom is -0.497 e. The van der Waals surface area contributed by atoms with E-state index in [4.69, 9.17) is 9.47 Å². The van der Waals surface area contributed by atoms with Crippen LogP contribution in [0.1, 0.15) is 41.4 Å². The lowest BCUT2D eigenvalue weighted by Gasteiger charge is -2.25. The summed E-state index contributed by atoms with van der Waals surface area (Å²) in [5.41, 5.74) is 1.91. The predicted molar refractivity (Wildman–Crippen MR) is 104 cm³/mol. The molecule has 1 aliphatic rings. The number of carbonyl (C=O) groups is 1. The number of nitrogens with zero attached hydrogens (tertiary/aromatic N) is 1. The van der Waals surface area contributed by atoms with Crippen molar-refractivity contribution in [3.05, 3.63) is 57.5 Å². The second-order valence-corrected chi connectivity index (χ2v) is 7.26. The normalized spacial score (nSPS) is 15.8. The highest BCUT2D eigenvalue weighted by Crippen LogP contribution is 2.30. The van der Waals surface area contributed by atoms with Gasteiger partial charge < -0.3 is 19.4 Å². The van der Waals surface area contributed by atoms with Crippen LogP contribution in [0, 0.1) is 5.92 Å². The second-order valence-electron chi connectivity index (χ2n) is 7.26. The molecular weight excluding hydrogens is 344 g/mol. The van der Waals surface area contributed by atoms with Gasteiger partial charge in [-0.05, 0) is 36.1 Å². The zero-order valence-electron chi connectivity index (χ0n) is 16.2. The summed E-state index contributed by atoms with van der Waals surface area (Å²) in [5.74, 6) is 1.63. The fourth-order valence-corrected chi connectivity index (χ4v) is 3.41. The number of benzene rings is 1. The van der Waals surface area contributed by atoms with Crippen molar-refractivity contribution in [1.82, 2.24) is 9.88 Å². The van der Waals surface area contributed by atoms with Crippen molar-refractivity contribution >= 4 is 5.91 Å². The summed E-state index contributed by atoms with van der Waals surface area (Å²) < 4.78 is 12.6. The molecule has 1 amide bonds. The van der Waals surface area contributed by atoms with E-state index in [1.165, 1.54) is 0 Å². The van der Waals surface area contributed by atoms with Crippen LogP contribution in [0.3, 0.4) is 0 Å². The van der Waals surface area contributed by atoms with Gasteiger partial charge in [0, 0.05) is 31.3 Å². The molecule has 0 spiro atoms. The van der Waals surface area contributed by atoms with E-state index in [0.717, 1.165) is 29.2 Å². The smallest absolute Gasteiger partial charge is 0.263 e. The Morgan fingerprint density at radius 3 is 2.81 bits per heavy atom. The maximum Gasteiger partial charge on any atom is 0.263 e. The topological polar surface area (TPSA) is 69.6 Å². The van der Waals surface area contributed by atoms with Crippen molar-refractivity contribution in [3.63, 3.8) is 0 Å². The molecule has 1 aliphatic heterocycles. The lowest BCUT2D eigenvalue weighted by atomic mass is 9.96. The van der Waals surface area contributed by atoms with Gasteiger partial charge >= 0.3 is 0 Å². The molecule has 0 aliphatic carbocycles. The summed E-state index contributed by atoms with van der Waals surface area (Å²) in [6.07, 6.45) is 0.809. The van der Waals surface area contributed by atoms with Gasteiger partial charge in [0.15, 0.2) is 0 Å². The van der Waals surface area contributed by atoms with Crippen molar-refractivity contribution < 1.29 is 14.3 Å². The van der Waals surface area contributed by atoms with Crippen molar-refractivity contribution in [2.45, 2.75) is 26.2 Å². The van der Waals surface area contributed by atoms with Crippen LogP contribution >= 0.6 is 0 Å². The average Bonchev–Trinajstić information content (AvgIpc) is 2.67. The fraction of sp³-hybridized carbons (Fsp3) is 0.429. The maximum absolute atomic E-state index is 12.5. The van der Waals surface area contributed by atoms with Gasteiger partial charge in [-0.2, -0.15) is 0 Å². The molecule has 0 saturated heterocycles. The number of rotatable bonds is 5. The number of hydrogen-bond donors (Lipinski definition) is 1. The number of pyridine rings is 1. The van der Waals surface area contributed by atoms with Crippen molar-refractivity contribution in [1.29, 1.82) is 0 Å². The molecule has 1 aromatic heterocycles. The SMILES string of the molecule is COc1ccc2c(c1)OC[C@H](CNC(=O)c1ccc(C(C)C)n(C)c1=O)C2.